The fraction of sp³-hybridized carbons (Fsp3) is 0.190. The molecule has 0 aromatic carbocycles. The molecular formula is C21H19N7O. The molecule has 2 amide bonds. The normalized spacial score (nSPS) is 13.2. The van der Waals surface area contributed by atoms with E-state index in [-0.39, 0.29) is 12.1 Å². The van der Waals surface area contributed by atoms with E-state index in [9.17, 15) is 4.79 Å². The zero-order valence-corrected chi connectivity index (χ0v) is 15.6. The van der Waals surface area contributed by atoms with Gasteiger partial charge in [0.05, 0.1) is 16.9 Å². The van der Waals surface area contributed by atoms with Crippen LogP contribution in [0.15, 0.2) is 55.0 Å². The lowest BCUT2D eigenvalue weighted by atomic mass is 9.91. The maximum absolute atomic E-state index is 13.1. The molecule has 144 valence electrons. The molecule has 1 aliphatic carbocycles. The summed E-state index contributed by atoms with van der Waals surface area (Å²) in [5.41, 5.74) is 8.32. The smallest absolute Gasteiger partial charge is 0.328 e. The summed E-state index contributed by atoms with van der Waals surface area (Å²) in [4.78, 5) is 27.6. The van der Waals surface area contributed by atoms with Crippen LogP contribution in [0.1, 0.15) is 24.8 Å². The SMILES string of the molecule is N#Cc1cncc(-c2ccc(N)c(N(C(=O)Nc3ccccn3)C3CCC3)n2)c1. The van der Waals surface area contributed by atoms with Crippen LogP contribution in [0.25, 0.3) is 11.3 Å². The lowest BCUT2D eigenvalue weighted by molar-refractivity contribution is 0.249. The number of urea groups is 1. The molecule has 0 bridgehead atoms. The Kier molecular flexibility index (Phi) is 5.03. The highest BCUT2D eigenvalue weighted by atomic mass is 16.2. The van der Waals surface area contributed by atoms with Crippen LogP contribution in [0.3, 0.4) is 0 Å². The lowest BCUT2D eigenvalue weighted by Crippen LogP contribution is -2.47. The molecule has 0 atom stereocenters. The van der Waals surface area contributed by atoms with Crippen molar-refractivity contribution in [2.45, 2.75) is 25.3 Å². The Hall–Kier alpha value is -3.99. The summed E-state index contributed by atoms with van der Waals surface area (Å²) in [5.74, 6) is 0.852. The number of nitrogens with one attached hydrogen (secondary N) is 1. The van der Waals surface area contributed by atoms with Crippen LogP contribution in [0, 0.1) is 11.3 Å². The van der Waals surface area contributed by atoms with Gasteiger partial charge in [-0.3, -0.25) is 15.2 Å². The molecule has 0 unspecified atom stereocenters. The summed E-state index contributed by atoms with van der Waals surface area (Å²) < 4.78 is 0. The van der Waals surface area contributed by atoms with Gasteiger partial charge in [-0.2, -0.15) is 5.26 Å². The van der Waals surface area contributed by atoms with Crippen LogP contribution in [0.2, 0.25) is 0 Å². The third-order valence-corrected chi connectivity index (χ3v) is 4.86. The monoisotopic (exact) mass is 385 g/mol. The average Bonchev–Trinajstić information content (AvgIpc) is 2.72. The summed E-state index contributed by atoms with van der Waals surface area (Å²) in [6.45, 7) is 0. The third-order valence-electron chi connectivity index (χ3n) is 4.86. The fourth-order valence-corrected chi connectivity index (χ4v) is 3.14. The van der Waals surface area contributed by atoms with Crippen LogP contribution in [-0.4, -0.2) is 27.0 Å². The third kappa shape index (κ3) is 3.84. The first-order valence-electron chi connectivity index (χ1n) is 9.29. The number of amides is 2. The highest BCUT2D eigenvalue weighted by Gasteiger charge is 2.32. The van der Waals surface area contributed by atoms with Crippen molar-refractivity contribution in [2.24, 2.45) is 0 Å². The molecule has 0 spiro atoms. The summed E-state index contributed by atoms with van der Waals surface area (Å²) >= 11 is 0. The van der Waals surface area contributed by atoms with Crippen LogP contribution in [-0.2, 0) is 0 Å². The molecule has 3 N–H and O–H groups in total. The van der Waals surface area contributed by atoms with E-state index in [0.717, 1.165) is 19.3 Å². The maximum atomic E-state index is 13.1. The Morgan fingerprint density at radius 3 is 2.79 bits per heavy atom. The molecule has 8 heteroatoms. The molecule has 3 aromatic rings. The minimum absolute atomic E-state index is 0.0207. The number of hydrogen-bond donors (Lipinski definition) is 2. The summed E-state index contributed by atoms with van der Waals surface area (Å²) in [6, 6.07) is 12.3. The van der Waals surface area contributed by atoms with E-state index in [0.29, 0.717) is 34.1 Å². The zero-order valence-electron chi connectivity index (χ0n) is 15.6. The Labute approximate surface area is 168 Å². The molecule has 0 saturated heterocycles. The van der Waals surface area contributed by atoms with Crippen LogP contribution >= 0.6 is 0 Å². The number of nitrogens with two attached hydrogens (primary N) is 1. The minimum atomic E-state index is -0.325. The minimum Gasteiger partial charge on any atom is -0.396 e. The molecule has 29 heavy (non-hydrogen) atoms. The van der Waals surface area contributed by atoms with E-state index in [4.69, 9.17) is 11.0 Å². The molecule has 1 saturated carbocycles. The molecule has 0 radical (unpaired) electrons. The highest BCUT2D eigenvalue weighted by molar-refractivity contribution is 6.03. The summed E-state index contributed by atoms with van der Waals surface area (Å²) in [6.07, 6.45) is 7.55. The van der Waals surface area contributed by atoms with Crippen LogP contribution in [0.5, 0.6) is 0 Å². The van der Waals surface area contributed by atoms with E-state index in [1.165, 1.54) is 6.20 Å². The molecule has 8 nitrogen and oxygen atoms in total. The standard InChI is InChI=1S/C21H19N7O/c22-11-14-10-15(13-24-12-14)18-8-7-17(23)20(26-18)28(16-4-3-5-16)21(29)27-19-6-1-2-9-25-19/h1-2,6-10,12-13,16H,3-5,23H2,(H,25,27,29). The van der Waals surface area contributed by atoms with E-state index in [1.54, 1.807) is 53.7 Å². The highest BCUT2D eigenvalue weighted by Crippen LogP contribution is 2.34. The first kappa shape index (κ1) is 18.4. The average molecular weight is 385 g/mol. The second kappa shape index (κ2) is 7.94. The van der Waals surface area contributed by atoms with Gasteiger partial charge < -0.3 is 5.73 Å². The number of nitrogens with zero attached hydrogens (tertiary/aromatic N) is 5. The Bertz CT molecular complexity index is 1070. The predicted molar refractivity (Wildman–Crippen MR) is 110 cm³/mol. The number of carbonyl (C=O) groups is 1. The largest absolute Gasteiger partial charge is 0.396 e. The number of rotatable bonds is 4. The van der Waals surface area contributed by atoms with Gasteiger partial charge >= 0.3 is 6.03 Å². The fourth-order valence-electron chi connectivity index (χ4n) is 3.14. The van der Waals surface area contributed by atoms with Gasteiger partial charge in [0, 0.05) is 30.2 Å². The zero-order chi connectivity index (χ0) is 20.2. The van der Waals surface area contributed by atoms with Crippen molar-refractivity contribution >= 4 is 23.4 Å². The van der Waals surface area contributed by atoms with Crippen molar-refractivity contribution in [3.8, 4) is 17.3 Å². The van der Waals surface area contributed by atoms with Crippen LogP contribution < -0.4 is 16.0 Å². The van der Waals surface area contributed by atoms with Crippen molar-refractivity contribution in [1.29, 1.82) is 5.26 Å². The lowest BCUT2D eigenvalue weighted by Gasteiger charge is -2.37. The second-order valence-electron chi connectivity index (χ2n) is 6.78. The first-order valence-corrected chi connectivity index (χ1v) is 9.29. The topological polar surface area (TPSA) is 121 Å². The number of pyridine rings is 3. The number of hydrogen-bond acceptors (Lipinski definition) is 6. The van der Waals surface area contributed by atoms with Crippen molar-refractivity contribution in [2.75, 3.05) is 16.0 Å². The van der Waals surface area contributed by atoms with E-state index in [2.05, 4.69) is 26.3 Å². The van der Waals surface area contributed by atoms with E-state index in [1.807, 2.05) is 0 Å². The van der Waals surface area contributed by atoms with Gasteiger partial charge in [-0.1, -0.05) is 6.07 Å². The van der Waals surface area contributed by atoms with Crippen molar-refractivity contribution in [3.05, 3.63) is 60.6 Å². The molecule has 3 heterocycles. The van der Waals surface area contributed by atoms with Gasteiger partial charge in [-0.15, -0.1) is 0 Å². The van der Waals surface area contributed by atoms with Crippen molar-refractivity contribution in [1.82, 2.24) is 15.0 Å². The molecule has 1 fully saturated rings. The molecular weight excluding hydrogens is 366 g/mol. The number of carbonyl (C=O) groups excluding carboxylic acids is 1. The number of aromatic nitrogens is 3. The van der Waals surface area contributed by atoms with Gasteiger partial charge in [-0.05, 0) is 49.6 Å². The predicted octanol–water partition coefficient (Wildman–Crippen LogP) is 3.58. The molecule has 4 rings (SSSR count). The molecule has 3 aromatic heterocycles. The van der Waals surface area contributed by atoms with E-state index >= 15 is 0 Å². The number of nitrogen functional groups attached to an aromatic ring is 1. The summed E-state index contributed by atoms with van der Waals surface area (Å²) in [5, 5.41) is 11.9. The Balaban J connectivity index is 1.70. The van der Waals surface area contributed by atoms with Gasteiger partial charge in [0.1, 0.15) is 11.9 Å². The van der Waals surface area contributed by atoms with E-state index < -0.39 is 0 Å². The van der Waals surface area contributed by atoms with Gasteiger partial charge in [0.2, 0.25) is 0 Å². The molecule has 0 aliphatic heterocycles. The Morgan fingerprint density at radius 1 is 1.24 bits per heavy atom. The quantitative estimate of drug-likeness (QED) is 0.708. The maximum Gasteiger partial charge on any atom is 0.328 e. The van der Waals surface area contributed by atoms with Crippen LogP contribution in [0.4, 0.5) is 22.1 Å². The van der Waals surface area contributed by atoms with Gasteiger partial charge in [0.15, 0.2) is 5.82 Å². The Morgan fingerprint density at radius 2 is 2.10 bits per heavy atom. The molecule has 1 aliphatic rings. The van der Waals surface area contributed by atoms with Crippen molar-refractivity contribution < 1.29 is 4.79 Å². The van der Waals surface area contributed by atoms with Gasteiger partial charge in [0.25, 0.3) is 0 Å². The van der Waals surface area contributed by atoms with Gasteiger partial charge in [-0.25, -0.2) is 14.8 Å². The summed E-state index contributed by atoms with van der Waals surface area (Å²) in [7, 11) is 0. The number of nitriles is 1. The first-order chi connectivity index (χ1) is 14.2. The van der Waals surface area contributed by atoms with Crippen molar-refractivity contribution in [3.63, 3.8) is 0 Å². The number of anilines is 3. The second-order valence-corrected chi connectivity index (χ2v) is 6.78.